The highest BCUT2D eigenvalue weighted by Gasteiger charge is 2.22. The molecule has 0 saturated heterocycles. The van der Waals surface area contributed by atoms with Crippen molar-refractivity contribution in [2.24, 2.45) is 0 Å². The number of para-hydroxylation sites is 1. The smallest absolute Gasteiger partial charge is 0.234 e. The van der Waals surface area contributed by atoms with E-state index in [1.54, 1.807) is 11.8 Å². The van der Waals surface area contributed by atoms with Crippen molar-refractivity contribution in [1.82, 2.24) is 19.7 Å². The molecule has 28 heavy (non-hydrogen) atoms. The first kappa shape index (κ1) is 22.8. The Hall–Kier alpha value is -1.51. The number of aromatic nitrogens is 3. The van der Waals surface area contributed by atoms with E-state index in [0.29, 0.717) is 5.75 Å². The number of unbranched alkanes of at least 4 members (excludes halogenated alkanes) is 1. The summed E-state index contributed by atoms with van der Waals surface area (Å²) in [5.74, 6) is 1.26. The standard InChI is InChI=1S/C20H31N5OS2/c1-6-8-13-25-19(16(7-2)24(3)4)22-23-20(25)28-14-18(26)21-15-11-9-10-12-17(15)27-5/h9-12,16H,6-8,13-14H2,1-5H3,(H,21,26)/t16-/m0/s1. The highest BCUT2D eigenvalue weighted by Crippen LogP contribution is 2.27. The maximum absolute atomic E-state index is 12.5. The number of rotatable bonds is 11. The van der Waals surface area contributed by atoms with E-state index >= 15 is 0 Å². The van der Waals surface area contributed by atoms with Crippen molar-refractivity contribution in [3.05, 3.63) is 30.1 Å². The van der Waals surface area contributed by atoms with Gasteiger partial charge < -0.3 is 9.88 Å². The van der Waals surface area contributed by atoms with Crippen LogP contribution in [0.15, 0.2) is 34.3 Å². The molecule has 0 spiro atoms. The Bertz CT molecular complexity index is 763. The summed E-state index contributed by atoms with van der Waals surface area (Å²) in [6.45, 7) is 5.21. The van der Waals surface area contributed by atoms with Crippen LogP contribution in [-0.4, -0.2) is 51.7 Å². The summed E-state index contributed by atoms with van der Waals surface area (Å²) in [6, 6.07) is 8.07. The van der Waals surface area contributed by atoms with E-state index in [9.17, 15) is 4.79 Å². The predicted octanol–water partition coefficient (Wildman–Crippen LogP) is 4.54. The third-order valence-electron chi connectivity index (χ3n) is 4.50. The molecule has 0 saturated carbocycles. The summed E-state index contributed by atoms with van der Waals surface area (Å²) < 4.78 is 2.19. The third-order valence-corrected chi connectivity index (χ3v) is 6.26. The molecule has 1 N–H and O–H groups in total. The number of hydrogen-bond donors (Lipinski definition) is 1. The van der Waals surface area contributed by atoms with Crippen molar-refractivity contribution < 1.29 is 4.79 Å². The fourth-order valence-corrected chi connectivity index (χ4v) is 4.35. The molecule has 154 valence electrons. The molecule has 1 aromatic carbocycles. The van der Waals surface area contributed by atoms with Crippen molar-refractivity contribution in [2.75, 3.05) is 31.4 Å². The van der Waals surface area contributed by atoms with Gasteiger partial charge in [0.05, 0.1) is 17.5 Å². The van der Waals surface area contributed by atoms with Gasteiger partial charge in [0, 0.05) is 11.4 Å². The van der Waals surface area contributed by atoms with Gasteiger partial charge in [-0.2, -0.15) is 0 Å². The molecule has 0 fully saturated rings. The topological polar surface area (TPSA) is 63.1 Å². The lowest BCUT2D eigenvalue weighted by atomic mass is 10.2. The van der Waals surface area contributed by atoms with Crippen molar-refractivity contribution in [3.8, 4) is 0 Å². The highest BCUT2D eigenvalue weighted by molar-refractivity contribution is 7.99. The van der Waals surface area contributed by atoms with E-state index in [1.165, 1.54) is 11.8 Å². The van der Waals surface area contributed by atoms with Crippen LogP contribution < -0.4 is 5.32 Å². The number of benzene rings is 1. The van der Waals surface area contributed by atoms with Crippen LogP contribution in [0, 0.1) is 0 Å². The summed E-state index contributed by atoms with van der Waals surface area (Å²) in [4.78, 5) is 15.7. The van der Waals surface area contributed by atoms with Crippen LogP contribution in [-0.2, 0) is 11.3 Å². The molecule has 0 radical (unpaired) electrons. The van der Waals surface area contributed by atoms with Crippen LogP contribution in [0.25, 0.3) is 0 Å². The number of carbonyl (C=O) groups is 1. The van der Waals surface area contributed by atoms with Crippen LogP contribution in [0.2, 0.25) is 0 Å². The molecule has 6 nitrogen and oxygen atoms in total. The zero-order valence-corrected chi connectivity index (χ0v) is 19.1. The third kappa shape index (κ3) is 5.99. The number of thioether (sulfide) groups is 2. The summed E-state index contributed by atoms with van der Waals surface area (Å²) in [5, 5.41) is 12.7. The lowest BCUT2D eigenvalue weighted by Crippen LogP contribution is -2.23. The maximum atomic E-state index is 12.5. The minimum atomic E-state index is -0.0299. The normalized spacial score (nSPS) is 12.4. The minimum absolute atomic E-state index is 0.0299. The number of amides is 1. The predicted molar refractivity (Wildman–Crippen MR) is 119 cm³/mol. The first-order chi connectivity index (χ1) is 13.5. The van der Waals surface area contributed by atoms with Gasteiger partial charge in [-0.05, 0) is 45.3 Å². The van der Waals surface area contributed by atoms with Gasteiger partial charge in [0.2, 0.25) is 5.91 Å². The minimum Gasteiger partial charge on any atom is -0.324 e. The van der Waals surface area contributed by atoms with Gasteiger partial charge in [-0.25, -0.2) is 0 Å². The molecule has 0 bridgehead atoms. The number of nitrogens with zero attached hydrogens (tertiary/aromatic N) is 4. The Morgan fingerprint density at radius 2 is 2.00 bits per heavy atom. The van der Waals surface area contributed by atoms with Gasteiger partial charge >= 0.3 is 0 Å². The van der Waals surface area contributed by atoms with E-state index in [2.05, 4.69) is 52.9 Å². The summed E-state index contributed by atoms with van der Waals surface area (Å²) >= 11 is 3.07. The van der Waals surface area contributed by atoms with Gasteiger partial charge in [0.15, 0.2) is 11.0 Å². The van der Waals surface area contributed by atoms with Gasteiger partial charge in [0.1, 0.15) is 0 Å². The van der Waals surface area contributed by atoms with Crippen LogP contribution in [0.5, 0.6) is 0 Å². The molecule has 2 rings (SSSR count). The van der Waals surface area contributed by atoms with E-state index < -0.39 is 0 Å². The van der Waals surface area contributed by atoms with Gasteiger partial charge in [0.25, 0.3) is 0 Å². The average molecular weight is 422 g/mol. The molecule has 0 aliphatic heterocycles. The Morgan fingerprint density at radius 3 is 2.64 bits per heavy atom. The Kier molecular flexibility index (Phi) is 9.34. The number of anilines is 1. The molecule has 2 aromatic rings. The van der Waals surface area contributed by atoms with Crippen LogP contribution in [0.3, 0.4) is 0 Å². The zero-order valence-electron chi connectivity index (χ0n) is 17.4. The first-order valence-corrected chi connectivity index (χ1v) is 11.9. The van der Waals surface area contributed by atoms with Crippen molar-refractivity contribution in [1.29, 1.82) is 0 Å². The maximum Gasteiger partial charge on any atom is 0.234 e. The lowest BCUT2D eigenvalue weighted by Gasteiger charge is -2.23. The quantitative estimate of drug-likeness (QED) is 0.537. The highest BCUT2D eigenvalue weighted by atomic mass is 32.2. The van der Waals surface area contributed by atoms with Gasteiger partial charge in [-0.15, -0.1) is 22.0 Å². The molecule has 0 unspecified atom stereocenters. The van der Waals surface area contributed by atoms with Crippen LogP contribution in [0.1, 0.15) is 45.0 Å². The first-order valence-electron chi connectivity index (χ1n) is 9.66. The van der Waals surface area contributed by atoms with E-state index in [1.807, 2.05) is 30.5 Å². The fourth-order valence-electron chi connectivity index (χ4n) is 3.02. The molecule has 1 heterocycles. The number of carbonyl (C=O) groups excluding carboxylic acids is 1. The molecular formula is C20H31N5OS2. The molecule has 1 aromatic heterocycles. The average Bonchev–Trinajstić information content (AvgIpc) is 3.08. The zero-order chi connectivity index (χ0) is 20.5. The largest absolute Gasteiger partial charge is 0.324 e. The summed E-state index contributed by atoms with van der Waals surface area (Å²) in [7, 11) is 4.13. The van der Waals surface area contributed by atoms with Gasteiger partial charge in [-0.3, -0.25) is 9.69 Å². The Balaban J connectivity index is 2.10. The SMILES string of the molecule is CCCCn1c(SCC(=O)Nc2ccccc2SC)nnc1[C@H](CC)N(C)C. The van der Waals surface area contributed by atoms with Crippen molar-refractivity contribution in [2.45, 2.75) is 55.7 Å². The lowest BCUT2D eigenvalue weighted by molar-refractivity contribution is -0.113. The van der Waals surface area contributed by atoms with E-state index in [0.717, 1.165) is 47.4 Å². The van der Waals surface area contributed by atoms with Crippen molar-refractivity contribution >= 4 is 35.1 Å². The molecular weight excluding hydrogens is 390 g/mol. The second-order valence-electron chi connectivity index (χ2n) is 6.77. The molecule has 1 amide bonds. The van der Waals surface area contributed by atoms with Gasteiger partial charge in [-0.1, -0.05) is 44.2 Å². The number of hydrogen-bond acceptors (Lipinski definition) is 6. The second-order valence-corrected chi connectivity index (χ2v) is 8.56. The van der Waals surface area contributed by atoms with E-state index in [-0.39, 0.29) is 11.9 Å². The monoisotopic (exact) mass is 421 g/mol. The molecule has 0 aliphatic carbocycles. The molecule has 8 heteroatoms. The van der Waals surface area contributed by atoms with Crippen molar-refractivity contribution in [3.63, 3.8) is 0 Å². The summed E-state index contributed by atoms with van der Waals surface area (Å²) in [6.07, 6.45) is 5.14. The van der Waals surface area contributed by atoms with Crippen LogP contribution in [0.4, 0.5) is 5.69 Å². The second kappa shape index (κ2) is 11.5. The molecule has 1 atom stereocenters. The molecule has 0 aliphatic rings. The Morgan fingerprint density at radius 1 is 1.25 bits per heavy atom. The van der Waals surface area contributed by atoms with E-state index in [4.69, 9.17) is 0 Å². The number of nitrogens with one attached hydrogen (secondary N) is 1. The summed E-state index contributed by atoms with van der Waals surface area (Å²) in [5.41, 5.74) is 0.854. The fraction of sp³-hybridized carbons (Fsp3) is 0.550. The van der Waals surface area contributed by atoms with Crippen LogP contribution >= 0.6 is 23.5 Å². The Labute approximate surface area is 176 Å².